The minimum atomic E-state index is -1.42. The van der Waals surface area contributed by atoms with Crippen molar-refractivity contribution in [3.63, 3.8) is 0 Å². The van der Waals surface area contributed by atoms with Crippen LogP contribution in [0.3, 0.4) is 0 Å². The van der Waals surface area contributed by atoms with Crippen LogP contribution in [0.5, 0.6) is 5.75 Å². The molecular weight excluding hydrogens is 411 g/mol. The van der Waals surface area contributed by atoms with Gasteiger partial charge in [-0.05, 0) is 68.7 Å². The molecule has 0 bridgehead atoms. The van der Waals surface area contributed by atoms with Crippen LogP contribution in [0, 0.1) is 35.1 Å². The highest BCUT2D eigenvalue weighted by Gasteiger charge is 2.24. The normalized spacial score (nSPS) is 19.5. The van der Waals surface area contributed by atoms with Crippen LogP contribution in [0.4, 0.5) is 22.0 Å². The largest absolute Gasteiger partial charge is 0.491 e. The molecule has 0 unspecified atom stereocenters. The minimum absolute atomic E-state index is 0.0205. The Morgan fingerprint density at radius 1 is 0.871 bits per heavy atom. The van der Waals surface area contributed by atoms with Crippen molar-refractivity contribution in [2.75, 3.05) is 6.61 Å². The molecule has 1 aliphatic rings. The van der Waals surface area contributed by atoms with Crippen molar-refractivity contribution >= 4 is 5.83 Å². The predicted molar refractivity (Wildman–Crippen MR) is 112 cm³/mol. The van der Waals surface area contributed by atoms with E-state index in [0.717, 1.165) is 62.8 Å². The Morgan fingerprint density at radius 2 is 1.48 bits per heavy atom. The quantitative estimate of drug-likeness (QED) is 0.396. The van der Waals surface area contributed by atoms with E-state index in [0.29, 0.717) is 5.92 Å². The standard InChI is InChI=1S/C25H27F5O/c1-3-5-15-6-8-16(9-7-15)14-20(26)19-11-10-17(22(27)24(19)29)18-12-13-21(31-4-2)25(30)23(18)28/h10-16H,3-9H2,1-2H3/t15-,16-. The Hall–Kier alpha value is -2.37. The summed E-state index contributed by atoms with van der Waals surface area (Å²) in [5.41, 5.74) is -1.44. The molecule has 0 radical (unpaired) electrons. The summed E-state index contributed by atoms with van der Waals surface area (Å²) in [6, 6.07) is 4.40. The number of halogens is 5. The predicted octanol–water partition coefficient (Wildman–Crippen LogP) is 8.23. The van der Waals surface area contributed by atoms with E-state index in [1.807, 2.05) is 0 Å². The third-order valence-corrected chi connectivity index (χ3v) is 5.95. The van der Waals surface area contributed by atoms with Crippen molar-refractivity contribution in [2.45, 2.75) is 52.4 Å². The van der Waals surface area contributed by atoms with Gasteiger partial charge in [0, 0.05) is 16.7 Å². The van der Waals surface area contributed by atoms with Gasteiger partial charge in [-0.2, -0.15) is 4.39 Å². The molecule has 0 spiro atoms. The van der Waals surface area contributed by atoms with Gasteiger partial charge in [0.1, 0.15) is 5.83 Å². The molecule has 1 saturated carbocycles. The van der Waals surface area contributed by atoms with Crippen molar-refractivity contribution in [1.82, 2.24) is 0 Å². The average molecular weight is 438 g/mol. The summed E-state index contributed by atoms with van der Waals surface area (Å²) < 4.78 is 77.6. The highest BCUT2D eigenvalue weighted by atomic mass is 19.2. The van der Waals surface area contributed by atoms with Crippen LogP contribution >= 0.6 is 0 Å². The van der Waals surface area contributed by atoms with Gasteiger partial charge in [-0.3, -0.25) is 0 Å². The first kappa shape index (κ1) is 23.3. The van der Waals surface area contributed by atoms with Crippen molar-refractivity contribution in [3.05, 3.63) is 59.2 Å². The van der Waals surface area contributed by atoms with Gasteiger partial charge in [0.2, 0.25) is 5.82 Å². The molecule has 1 fully saturated rings. The molecule has 31 heavy (non-hydrogen) atoms. The maximum atomic E-state index is 14.7. The summed E-state index contributed by atoms with van der Waals surface area (Å²) >= 11 is 0. The molecule has 0 heterocycles. The van der Waals surface area contributed by atoms with Gasteiger partial charge < -0.3 is 4.74 Å². The lowest BCUT2D eigenvalue weighted by molar-refractivity contribution is 0.293. The third-order valence-electron chi connectivity index (χ3n) is 5.95. The van der Waals surface area contributed by atoms with E-state index < -0.39 is 45.8 Å². The molecule has 1 nitrogen and oxygen atoms in total. The lowest BCUT2D eigenvalue weighted by atomic mass is 9.80. The minimum Gasteiger partial charge on any atom is -0.491 e. The number of ether oxygens (including phenoxy) is 1. The van der Waals surface area contributed by atoms with Crippen LogP contribution in [-0.2, 0) is 0 Å². The first-order valence-electron chi connectivity index (χ1n) is 10.8. The van der Waals surface area contributed by atoms with Gasteiger partial charge in [-0.25, -0.2) is 17.6 Å². The zero-order valence-corrected chi connectivity index (χ0v) is 17.8. The lowest BCUT2D eigenvalue weighted by Crippen LogP contribution is -2.13. The molecular formula is C25H27F5O. The highest BCUT2D eigenvalue weighted by molar-refractivity contribution is 5.70. The Morgan fingerprint density at radius 3 is 2.10 bits per heavy atom. The van der Waals surface area contributed by atoms with Gasteiger partial charge >= 0.3 is 0 Å². The molecule has 168 valence electrons. The molecule has 6 heteroatoms. The summed E-state index contributed by atoms with van der Waals surface area (Å²) in [6.45, 7) is 3.87. The zero-order chi connectivity index (χ0) is 22.5. The summed E-state index contributed by atoms with van der Waals surface area (Å²) in [6.07, 6.45) is 7.27. The number of rotatable bonds is 7. The first-order valence-corrected chi connectivity index (χ1v) is 10.8. The third kappa shape index (κ3) is 5.10. The zero-order valence-electron chi connectivity index (χ0n) is 17.8. The van der Waals surface area contributed by atoms with E-state index in [-0.39, 0.29) is 18.3 Å². The van der Waals surface area contributed by atoms with E-state index in [4.69, 9.17) is 4.74 Å². The van der Waals surface area contributed by atoms with Crippen LogP contribution < -0.4 is 4.74 Å². The van der Waals surface area contributed by atoms with Gasteiger partial charge in [-0.1, -0.05) is 25.8 Å². The molecule has 0 aromatic heterocycles. The summed E-state index contributed by atoms with van der Waals surface area (Å²) in [7, 11) is 0. The van der Waals surface area contributed by atoms with Crippen LogP contribution in [0.25, 0.3) is 17.0 Å². The van der Waals surface area contributed by atoms with E-state index >= 15 is 0 Å². The average Bonchev–Trinajstić information content (AvgIpc) is 2.75. The van der Waals surface area contributed by atoms with Crippen molar-refractivity contribution in [2.24, 2.45) is 11.8 Å². The van der Waals surface area contributed by atoms with Crippen molar-refractivity contribution < 1.29 is 26.7 Å². The molecule has 3 rings (SSSR count). The van der Waals surface area contributed by atoms with E-state index in [9.17, 15) is 22.0 Å². The Balaban J connectivity index is 1.85. The number of benzene rings is 2. The second kappa shape index (κ2) is 10.3. The Kier molecular flexibility index (Phi) is 7.74. The molecule has 2 aromatic carbocycles. The number of hydrogen-bond donors (Lipinski definition) is 0. The van der Waals surface area contributed by atoms with Crippen molar-refractivity contribution in [1.29, 1.82) is 0 Å². The molecule has 0 amide bonds. The van der Waals surface area contributed by atoms with E-state index in [1.165, 1.54) is 6.08 Å². The van der Waals surface area contributed by atoms with Crippen LogP contribution in [-0.4, -0.2) is 6.61 Å². The molecule has 1 aliphatic carbocycles. The topological polar surface area (TPSA) is 9.23 Å². The summed E-state index contributed by atoms with van der Waals surface area (Å²) in [4.78, 5) is 0. The maximum Gasteiger partial charge on any atom is 0.201 e. The summed E-state index contributed by atoms with van der Waals surface area (Å²) in [5.74, 6) is -5.99. The fourth-order valence-electron chi connectivity index (χ4n) is 4.30. The number of hydrogen-bond acceptors (Lipinski definition) is 1. The maximum absolute atomic E-state index is 14.7. The molecule has 0 aliphatic heterocycles. The summed E-state index contributed by atoms with van der Waals surface area (Å²) in [5, 5.41) is 0. The Labute approximate surface area is 179 Å². The molecule has 2 aromatic rings. The Bertz CT molecular complexity index is 945. The highest BCUT2D eigenvalue weighted by Crippen LogP contribution is 2.37. The molecule has 0 N–H and O–H groups in total. The van der Waals surface area contributed by atoms with Crippen LogP contribution in [0.15, 0.2) is 30.3 Å². The van der Waals surface area contributed by atoms with Gasteiger partial charge in [0.15, 0.2) is 23.2 Å². The lowest BCUT2D eigenvalue weighted by Gasteiger charge is -2.26. The monoisotopic (exact) mass is 438 g/mol. The van der Waals surface area contributed by atoms with Crippen LogP contribution in [0.1, 0.15) is 57.9 Å². The smallest absolute Gasteiger partial charge is 0.201 e. The number of allylic oxidation sites excluding steroid dienone is 1. The van der Waals surface area contributed by atoms with Crippen LogP contribution in [0.2, 0.25) is 0 Å². The first-order chi connectivity index (χ1) is 14.9. The molecule has 0 saturated heterocycles. The molecule has 0 atom stereocenters. The SMILES string of the molecule is CCC[C@H]1CC[C@H](C=C(F)c2ccc(-c3ccc(OCC)c(F)c3F)c(F)c2F)CC1. The van der Waals surface area contributed by atoms with Crippen molar-refractivity contribution in [3.8, 4) is 16.9 Å². The second-order valence-electron chi connectivity index (χ2n) is 8.04. The second-order valence-corrected chi connectivity index (χ2v) is 8.04. The fraction of sp³-hybridized carbons (Fsp3) is 0.440. The van der Waals surface area contributed by atoms with Gasteiger partial charge in [0.05, 0.1) is 6.61 Å². The van der Waals surface area contributed by atoms with E-state index in [1.54, 1.807) is 6.92 Å². The van der Waals surface area contributed by atoms with Gasteiger partial charge in [-0.15, -0.1) is 0 Å². The fourth-order valence-corrected chi connectivity index (χ4v) is 4.30. The van der Waals surface area contributed by atoms with E-state index in [2.05, 4.69) is 6.92 Å². The van der Waals surface area contributed by atoms with Gasteiger partial charge in [0.25, 0.3) is 0 Å².